The van der Waals surface area contributed by atoms with E-state index in [-0.39, 0.29) is 5.82 Å². The Kier molecular flexibility index (Phi) is 4.44. The van der Waals surface area contributed by atoms with Crippen molar-refractivity contribution >= 4 is 17.3 Å². The van der Waals surface area contributed by atoms with Gasteiger partial charge in [0.1, 0.15) is 5.82 Å². The number of hydrogen-bond donors (Lipinski definition) is 0. The van der Waals surface area contributed by atoms with Gasteiger partial charge in [-0.05, 0) is 18.1 Å². The van der Waals surface area contributed by atoms with Crippen LogP contribution in [0.25, 0.3) is 0 Å². The topological polar surface area (TPSA) is 15.7 Å². The summed E-state index contributed by atoms with van der Waals surface area (Å²) in [6.45, 7) is 5.36. The summed E-state index contributed by atoms with van der Waals surface area (Å²) in [5.74, 6) is 0.192. The van der Waals surface area contributed by atoms with Crippen LogP contribution in [-0.4, -0.2) is 50.3 Å². The van der Waals surface area contributed by atoms with Crippen molar-refractivity contribution in [2.24, 2.45) is 0 Å². The lowest BCUT2D eigenvalue weighted by Gasteiger charge is -2.32. The van der Waals surface area contributed by atoms with Crippen molar-refractivity contribution in [1.29, 1.82) is 0 Å². The first-order valence-electron chi connectivity index (χ1n) is 7.19. The van der Waals surface area contributed by atoms with Gasteiger partial charge >= 0.3 is 0 Å². The van der Waals surface area contributed by atoms with Crippen molar-refractivity contribution in [1.82, 2.24) is 4.90 Å². The summed E-state index contributed by atoms with van der Waals surface area (Å²) < 4.78 is 19.5. The number of morpholine rings is 1. The number of hydrogen-bond acceptors (Lipinski definition) is 3. The van der Waals surface area contributed by atoms with Crippen LogP contribution in [0.1, 0.15) is 12.0 Å². The second kappa shape index (κ2) is 6.29. The molecule has 3 nitrogen and oxygen atoms in total. The van der Waals surface area contributed by atoms with Gasteiger partial charge in [0, 0.05) is 38.1 Å². The van der Waals surface area contributed by atoms with Crippen molar-refractivity contribution in [2.45, 2.75) is 18.3 Å². The van der Waals surface area contributed by atoms with Gasteiger partial charge in [-0.2, -0.15) is 0 Å². The Morgan fingerprint density at radius 3 is 2.80 bits per heavy atom. The Balaban J connectivity index is 1.73. The molecule has 2 saturated heterocycles. The molecule has 2 fully saturated rings. The number of nitrogens with zero attached hydrogens (tertiary/aromatic N) is 2. The summed E-state index contributed by atoms with van der Waals surface area (Å²) in [5.41, 5.74) is 1.58. The molecule has 1 aromatic carbocycles. The van der Waals surface area contributed by atoms with Gasteiger partial charge in [-0.1, -0.05) is 12.1 Å². The molecule has 0 aromatic heterocycles. The molecule has 1 aromatic rings. The highest BCUT2D eigenvalue weighted by molar-refractivity contribution is 6.17. The van der Waals surface area contributed by atoms with Crippen molar-refractivity contribution in [2.75, 3.05) is 44.3 Å². The third-order valence-electron chi connectivity index (χ3n) is 4.26. The summed E-state index contributed by atoms with van der Waals surface area (Å²) >= 11 is 5.95. The molecule has 2 aliphatic rings. The molecule has 3 rings (SSSR count). The highest BCUT2D eigenvalue weighted by atomic mass is 35.5. The summed E-state index contributed by atoms with van der Waals surface area (Å²) in [7, 11) is 0. The number of benzene rings is 1. The zero-order valence-corrected chi connectivity index (χ0v) is 12.3. The predicted octanol–water partition coefficient (Wildman–Crippen LogP) is 2.48. The molecule has 0 spiro atoms. The van der Waals surface area contributed by atoms with Crippen molar-refractivity contribution in [3.8, 4) is 0 Å². The van der Waals surface area contributed by atoms with Crippen LogP contribution in [-0.2, 0) is 10.6 Å². The largest absolute Gasteiger partial charge is 0.379 e. The summed E-state index contributed by atoms with van der Waals surface area (Å²) in [4.78, 5) is 4.61. The van der Waals surface area contributed by atoms with Gasteiger partial charge in [-0.25, -0.2) is 4.39 Å². The first kappa shape index (κ1) is 14.1. The molecule has 2 heterocycles. The third kappa shape index (κ3) is 2.78. The lowest BCUT2D eigenvalue weighted by atomic mass is 10.1. The lowest BCUT2D eigenvalue weighted by molar-refractivity contribution is 0.0209. The Bertz CT molecular complexity index is 465. The van der Waals surface area contributed by atoms with E-state index in [9.17, 15) is 4.39 Å². The van der Waals surface area contributed by atoms with Gasteiger partial charge in [0.15, 0.2) is 0 Å². The average molecular weight is 299 g/mol. The fraction of sp³-hybridized carbons (Fsp3) is 0.600. The van der Waals surface area contributed by atoms with Crippen molar-refractivity contribution in [3.63, 3.8) is 0 Å². The molecule has 110 valence electrons. The Labute approximate surface area is 124 Å². The van der Waals surface area contributed by atoms with Gasteiger partial charge in [0.25, 0.3) is 0 Å². The normalized spacial score (nSPS) is 24.3. The molecule has 0 N–H and O–H groups in total. The molecule has 2 aliphatic heterocycles. The summed E-state index contributed by atoms with van der Waals surface area (Å²) in [5, 5.41) is 0. The highest BCUT2D eigenvalue weighted by Crippen LogP contribution is 2.30. The maximum absolute atomic E-state index is 14.1. The summed E-state index contributed by atoms with van der Waals surface area (Å²) in [6.07, 6.45) is 1.08. The molecular weight excluding hydrogens is 279 g/mol. The van der Waals surface area contributed by atoms with Crippen LogP contribution in [0, 0.1) is 5.82 Å². The SMILES string of the molecule is Fc1cccc(CCl)c1N1CCC(N2CCOCC2)C1. The standard InChI is InChI=1S/C15H20ClFN2O/c16-10-12-2-1-3-14(17)15(12)19-5-4-13(11-19)18-6-8-20-9-7-18/h1-3,13H,4-11H2. The number of ether oxygens (including phenoxy) is 1. The summed E-state index contributed by atoms with van der Waals surface area (Å²) in [6, 6.07) is 5.66. The van der Waals surface area contributed by atoms with Crippen LogP contribution in [0.5, 0.6) is 0 Å². The molecular formula is C15H20ClFN2O. The minimum absolute atomic E-state index is 0.161. The van der Waals surface area contributed by atoms with Crippen LogP contribution < -0.4 is 4.90 Å². The maximum atomic E-state index is 14.1. The Morgan fingerprint density at radius 2 is 2.05 bits per heavy atom. The smallest absolute Gasteiger partial charge is 0.146 e. The molecule has 0 bridgehead atoms. The van der Waals surface area contributed by atoms with Crippen LogP contribution in [0.15, 0.2) is 18.2 Å². The molecule has 0 amide bonds. The van der Waals surface area contributed by atoms with Crippen LogP contribution in [0.4, 0.5) is 10.1 Å². The van der Waals surface area contributed by atoms with E-state index in [1.807, 2.05) is 6.07 Å². The molecule has 1 unspecified atom stereocenters. The predicted molar refractivity (Wildman–Crippen MR) is 79.0 cm³/mol. The number of rotatable bonds is 3. The first-order valence-corrected chi connectivity index (χ1v) is 7.73. The van der Waals surface area contributed by atoms with E-state index >= 15 is 0 Å². The Morgan fingerprint density at radius 1 is 1.25 bits per heavy atom. The van der Waals surface area contributed by atoms with Gasteiger partial charge in [-0.15, -0.1) is 11.6 Å². The van der Waals surface area contributed by atoms with Gasteiger partial charge < -0.3 is 9.64 Å². The van der Waals surface area contributed by atoms with E-state index < -0.39 is 0 Å². The number of para-hydroxylation sites is 1. The molecule has 0 radical (unpaired) electrons. The van der Waals surface area contributed by atoms with E-state index in [2.05, 4.69) is 9.80 Å². The van der Waals surface area contributed by atoms with E-state index in [0.29, 0.717) is 17.6 Å². The molecule has 0 saturated carbocycles. The maximum Gasteiger partial charge on any atom is 0.146 e. The molecule has 20 heavy (non-hydrogen) atoms. The van der Waals surface area contributed by atoms with Crippen molar-refractivity contribution in [3.05, 3.63) is 29.6 Å². The van der Waals surface area contributed by atoms with Crippen LogP contribution >= 0.6 is 11.6 Å². The quantitative estimate of drug-likeness (QED) is 0.798. The second-order valence-electron chi connectivity index (χ2n) is 5.42. The van der Waals surface area contributed by atoms with Crippen LogP contribution in [0.3, 0.4) is 0 Å². The molecule has 5 heteroatoms. The number of anilines is 1. The van der Waals surface area contributed by atoms with Crippen LogP contribution in [0.2, 0.25) is 0 Å². The van der Waals surface area contributed by atoms with Gasteiger partial charge in [0.2, 0.25) is 0 Å². The number of alkyl halides is 1. The minimum Gasteiger partial charge on any atom is -0.379 e. The monoisotopic (exact) mass is 298 g/mol. The average Bonchev–Trinajstić information content (AvgIpc) is 2.97. The zero-order chi connectivity index (χ0) is 13.9. The van der Waals surface area contributed by atoms with Crippen molar-refractivity contribution < 1.29 is 9.13 Å². The third-order valence-corrected chi connectivity index (χ3v) is 4.54. The van der Waals surface area contributed by atoms with E-state index in [4.69, 9.17) is 16.3 Å². The van der Waals surface area contributed by atoms with E-state index in [1.165, 1.54) is 6.07 Å². The fourth-order valence-corrected chi connectivity index (χ4v) is 3.42. The Hall–Kier alpha value is -0.840. The first-order chi connectivity index (χ1) is 9.79. The van der Waals surface area contributed by atoms with E-state index in [1.54, 1.807) is 6.07 Å². The molecule has 0 aliphatic carbocycles. The van der Waals surface area contributed by atoms with Gasteiger partial charge in [-0.3, -0.25) is 4.90 Å². The lowest BCUT2D eigenvalue weighted by Crippen LogP contribution is -2.44. The highest BCUT2D eigenvalue weighted by Gasteiger charge is 2.30. The zero-order valence-electron chi connectivity index (χ0n) is 11.5. The minimum atomic E-state index is -0.161. The molecule has 1 atom stereocenters. The number of halogens is 2. The second-order valence-corrected chi connectivity index (χ2v) is 5.69. The van der Waals surface area contributed by atoms with E-state index in [0.717, 1.165) is 51.4 Å². The van der Waals surface area contributed by atoms with Gasteiger partial charge in [0.05, 0.1) is 18.9 Å². The fourth-order valence-electron chi connectivity index (χ4n) is 3.21.